The van der Waals surface area contributed by atoms with E-state index in [0.717, 1.165) is 24.4 Å². The summed E-state index contributed by atoms with van der Waals surface area (Å²) in [6, 6.07) is 9.51. The van der Waals surface area contributed by atoms with Crippen LogP contribution in [0.15, 0.2) is 42.7 Å². The van der Waals surface area contributed by atoms with Crippen LogP contribution in [0.4, 0.5) is 10.7 Å². The van der Waals surface area contributed by atoms with Crippen molar-refractivity contribution in [2.75, 3.05) is 38.2 Å². The maximum atomic E-state index is 12.7. The molecule has 1 aliphatic heterocycles. The third-order valence-corrected chi connectivity index (χ3v) is 4.63. The van der Waals surface area contributed by atoms with Gasteiger partial charge in [-0.1, -0.05) is 12.1 Å². The number of nitrogens with zero attached hydrogens (tertiary/aromatic N) is 4. The number of methoxy groups -OCH3 is 1. The molecular formula is C19H25N5O2. The smallest absolute Gasteiger partial charge is 0.318 e. The number of carbonyl (C=O) groups is 1. The Balaban J connectivity index is 1.58. The van der Waals surface area contributed by atoms with Crippen molar-refractivity contribution >= 4 is 12.0 Å². The van der Waals surface area contributed by atoms with Crippen LogP contribution in [0.1, 0.15) is 19.4 Å². The number of amides is 2. The van der Waals surface area contributed by atoms with E-state index in [4.69, 9.17) is 4.74 Å². The highest BCUT2D eigenvalue weighted by molar-refractivity contribution is 5.75. The van der Waals surface area contributed by atoms with Gasteiger partial charge in [-0.25, -0.2) is 14.8 Å². The van der Waals surface area contributed by atoms with Gasteiger partial charge in [-0.15, -0.1) is 0 Å². The van der Waals surface area contributed by atoms with Gasteiger partial charge in [0.1, 0.15) is 5.75 Å². The number of benzene rings is 1. The Morgan fingerprint density at radius 3 is 2.27 bits per heavy atom. The molecule has 0 aliphatic carbocycles. The van der Waals surface area contributed by atoms with E-state index in [9.17, 15) is 4.79 Å². The van der Waals surface area contributed by atoms with Gasteiger partial charge in [0.25, 0.3) is 0 Å². The number of urea groups is 1. The first-order valence-corrected chi connectivity index (χ1v) is 8.73. The van der Waals surface area contributed by atoms with Gasteiger partial charge >= 0.3 is 6.03 Å². The van der Waals surface area contributed by atoms with Gasteiger partial charge < -0.3 is 19.9 Å². The van der Waals surface area contributed by atoms with Crippen molar-refractivity contribution in [2.24, 2.45) is 0 Å². The Kier molecular flexibility index (Phi) is 5.25. The van der Waals surface area contributed by atoms with E-state index >= 15 is 0 Å². The third-order valence-electron chi connectivity index (χ3n) is 4.63. The molecule has 1 fully saturated rings. The van der Waals surface area contributed by atoms with Crippen LogP contribution in [0.25, 0.3) is 0 Å². The van der Waals surface area contributed by atoms with Gasteiger partial charge in [0, 0.05) is 38.6 Å². The molecule has 1 aromatic heterocycles. The summed E-state index contributed by atoms with van der Waals surface area (Å²) in [5.41, 5.74) is 0.561. The molecule has 0 atom stereocenters. The first-order valence-electron chi connectivity index (χ1n) is 8.73. The fourth-order valence-electron chi connectivity index (χ4n) is 2.99. The van der Waals surface area contributed by atoms with E-state index in [2.05, 4.69) is 20.2 Å². The maximum absolute atomic E-state index is 12.7. The highest BCUT2D eigenvalue weighted by atomic mass is 16.5. The average Bonchev–Trinajstić information content (AvgIpc) is 2.68. The molecule has 1 saturated heterocycles. The normalized spacial score (nSPS) is 14.9. The predicted octanol–water partition coefficient (Wildman–Crippen LogP) is 2.25. The van der Waals surface area contributed by atoms with Crippen LogP contribution in [0.2, 0.25) is 0 Å². The summed E-state index contributed by atoms with van der Waals surface area (Å²) in [6.45, 7) is 6.73. The molecule has 0 saturated carbocycles. The van der Waals surface area contributed by atoms with E-state index in [-0.39, 0.29) is 6.03 Å². The summed E-state index contributed by atoms with van der Waals surface area (Å²) in [4.78, 5) is 25.2. The highest BCUT2D eigenvalue weighted by Gasteiger charge is 2.28. The van der Waals surface area contributed by atoms with Crippen molar-refractivity contribution in [3.8, 4) is 5.75 Å². The molecule has 1 aliphatic rings. The molecule has 138 valence electrons. The summed E-state index contributed by atoms with van der Waals surface area (Å²) >= 11 is 0. The van der Waals surface area contributed by atoms with Crippen molar-refractivity contribution in [1.82, 2.24) is 20.2 Å². The second kappa shape index (κ2) is 7.59. The lowest BCUT2D eigenvalue weighted by atomic mass is 9.94. The van der Waals surface area contributed by atoms with Crippen LogP contribution >= 0.6 is 0 Å². The molecule has 2 amide bonds. The first kappa shape index (κ1) is 18.0. The van der Waals surface area contributed by atoms with Gasteiger partial charge in [-0.3, -0.25) is 0 Å². The summed E-state index contributed by atoms with van der Waals surface area (Å²) in [5.74, 6) is 1.52. The average molecular weight is 355 g/mol. The standard InChI is InChI=1S/C19H25N5O2/c1-19(2,15-5-7-16(26-3)8-6-15)22-18(25)24-13-11-23(12-14-24)17-20-9-4-10-21-17/h4-10H,11-14H2,1-3H3,(H,22,25). The van der Waals surface area contributed by atoms with Crippen LogP contribution < -0.4 is 15.0 Å². The molecule has 0 bridgehead atoms. The molecule has 26 heavy (non-hydrogen) atoms. The molecule has 0 radical (unpaired) electrons. The minimum atomic E-state index is -0.469. The number of piperazine rings is 1. The zero-order valence-electron chi connectivity index (χ0n) is 15.5. The lowest BCUT2D eigenvalue weighted by molar-refractivity contribution is 0.183. The number of hydrogen-bond donors (Lipinski definition) is 1. The Labute approximate surface area is 154 Å². The summed E-state index contributed by atoms with van der Waals surface area (Å²) in [7, 11) is 1.64. The molecule has 7 nitrogen and oxygen atoms in total. The number of anilines is 1. The van der Waals surface area contributed by atoms with Gasteiger partial charge in [0.05, 0.1) is 12.6 Å². The summed E-state index contributed by atoms with van der Waals surface area (Å²) in [6.07, 6.45) is 3.47. The highest BCUT2D eigenvalue weighted by Crippen LogP contribution is 2.23. The summed E-state index contributed by atoms with van der Waals surface area (Å²) < 4.78 is 5.19. The maximum Gasteiger partial charge on any atom is 0.318 e. The Hall–Kier alpha value is -2.83. The van der Waals surface area contributed by atoms with Gasteiger partial charge in [-0.2, -0.15) is 0 Å². The Morgan fingerprint density at radius 2 is 1.69 bits per heavy atom. The largest absolute Gasteiger partial charge is 0.497 e. The zero-order valence-corrected chi connectivity index (χ0v) is 15.5. The van der Waals surface area contributed by atoms with E-state index in [1.54, 1.807) is 25.6 Å². The Bertz CT molecular complexity index is 725. The van der Waals surface area contributed by atoms with Crippen molar-refractivity contribution in [3.63, 3.8) is 0 Å². The second-order valence-electron chi connectivity index (χ2n) is 6.81. The van der Waals surface area contributed by atoms with Gasteiger partial charge in [0.15, 0.2) is 0 Å². The molecular weight excluding hydrogens is 330 g/mol. The minimum Gasteiger partial charge on any atom is -0.497 e. The van der Waals surface area contributed by atoms with Crippen LogP contribution in [-0.4, -0.2) is 54.2 Å². The number of ether oxygens (including phenoxy) is 1. The topological polar surface area (TPSA) is 70.6 Å². The molecule has 2 heterocycles. The quantitative estimate of drug-likeness (QED) is 0.911. The number of nitrogens with one attached hydrogen (secondary N) is 1. The van der Waals surface area contributed by atoms with Crippen LogP contribution in [0, 0.1) is 0 Å². The van der Waals surface area contributed by atoms with E-state index < -0.39 is 5.54 Å². The summed E-state index contributed by atoms with van der Waals surface area (Å²) in [5, 5.41) is 3.13. The SMILES string of the molecule is COc1ccc(C(C)(C)NC(=O)N2CCN(c3ncccn3)CC2)cc1. The van der Waals surface area contributed by atoms with Crippen molar-refractivity contribution in [2.45, 2.75) is 19.4 Å². The van der Waals surface area contributed by atoms with Gasteiger partial charge in [0.2, 0.25) is 5.95 Å². The molecule has 3 rings (SSSR count). The minimum absolute atomic E-state index is 0.0561. The molecule has 0 unspecified atom stereocenters. The Morgan fingerprint density at radius 1 is 1.08 bits per heavy atom. The third kappa shape index (κ3) is 4.04. The number of carbonyl (C=O) groups excluding carboxylic acids is 1. The molecule has 1 aromatic carbocycles. The fourth-order valence-corrected chi connectivity index (χ4v) is 2.99. The predicted molar refractivity (Wildman–Crippen MR) is 100 cm³/mol. The van der Waals surface area contributed by atoms with Crippen LogP contribution in [0.3, 0.4) is 0 Å². The van der Waals surface area contributed by atoms with Crippen molar-refractivity contribution < 1.29 is 9.53 Å². The second-order valence-corrected chi connectivity index (χ2v) is 6.81. The zero-order chi connectivity index (χ0) is 18.6. The lowest BCUT2D eigenvalue weighted by Gasteiger charge is -2.37. The lowest BCUT2D eigenvalue weighted by Crippen LogP contribution is -2.55. The number of hydrogen-bond acceptors (Lipinski definition) is 5. The van der Waals surface area contributed by atoms with Crippen molar-refractivity contribution in [3.05, 3.63) is 48.3 Å². The monoisotopic (exact) mass is 355 g/mol. The van der Waals surface area contributed by atoms with E-state index in [1.807, 2.05) is 43.0 Å². The fraction of sp³-hybridized carbons (Fsp3) is 0.421. The molecule has 1 N–H and O–H groups in total. The number of rotatable bonds is 4. The molecule has 0 spiro atoms. The molecule has 2 aromatic rings. The first-order chi connectivity index (χ1) is 12.5. The van der Waals surface area contributed by atoms with E-state index in [0.29, 0.717) is 19.0 Å². The van der Waals surface area contributed by atoms with Crippen LogP contribution in [0.5, 0.6) is 5.75 Å². The number of aromatic nitrogens is 2. The van der Waals surface area contributed by atoms with E-state index in [1.165, 1.54) is 0 Å². The van der Waals surface area contributed by atoms with Crippen LogP contribution in [-0.2, 0) is 5.54 Å². The van der Waals surface area contributed by atoms with Crippen molar-refractivity contribution in [1.29, 1.82) is 0 Å². The molecule has 7 heteroatoms. The van der Waals surface area contributed by atoms with Gasteiger partial charge in [-0.05, 0) is 37.6 Å².